The van der Waals surface area contributed by atoms with Crippen molar-refractivity contribution in [1.82, 2.24) is 4.90 Å². The molecule has 1 fully saturated rings. The summed E-state index contributed by atoms with van der Waals surface area (Å²) in [6.07, 6.45) is 2.54. The first-order valence-electron chi connectivity index (χ1n) is 7.70. The van der Waals surface area contributed by atoms with Crippen LogP contribution in [0.25, 0.3) is 0 Å². The van der Waals surface area contributed by atoms with E-state index in [2.05, 4.69) is 43.0 Å². The number of benzene rings is 1. The molecule has 0 spiro atoms. The summed E-state index contributed by atoms with van der Waals surface area (Å²) in [7, 11) is 1.75. The Morgan fingerprint density at radius 1 is 1.35 bits per heavy atom. The van der Waals surface area contributed by atoms with Gasteiger partial charge in [0.15, 0.2) is 0 Å². The zero-order valence-corrected chi connectivity index (χ0v) is 13.0. The molecule has 1 aromatic carbocycles. The van der Waals surface area contributed by atoms with Crippen LogP contribution in [0.3, 0.4) is 0 Å². The SMILES string of the molecule is COCc1ccccc1C(CN)N1CCC(C)CC1C. The molecule has 2 rings (SSSR count). The molecule has 0 saturated carbocycles. The van der Waals surface area contributed by atoms with Gasteiger partial charge in [0, 0.05) is 25.7 Å². The van der Waals surface area contributed by atoms with Crippen molar-refractivity contribution >= 4 is 0 Å². The first kappa shape index (κ1) is 15.5. The van der Waals surface area contributed by atoms with Crippen LogP contribution in [0.1, 0.15) is 43.9 Å². The second kappa shape index (κ2) is 7.21. The molecule has 0 amide bonds. The summed E-state index contributed by atoms with van der Waals surface area (Å²) in [6, 6.07) is 9.45. The summed E-state index contributed by atoms with van der Waals surface area (Å²) in [4.78, 5) is 2.58. The second-order valence-electron chi connectivity index (χ2n) is 6.10. The van der Waals surface area contributed by atoms with Crippen molar-refractivity contribution in [3.8, 4) is 0 Å². The van der Waals surface area contributed by atoms with E-state index in [0.717, 1.165) is 12.5 Å². The number of likely N-dealkylation sites (tertiary alicyclic amines) is 1. The summed E-state index contributed by atoms with van der Waals surface area (Å²) < 4.78 is 5.34. The molecule has 3 heteroatoms. The number of piperidine rings is 1. The fourth-order valence-electron chi connectivity index (χ4n) is 3.48. The average molecular weight is 276 g/mol. The van der Waals surface area contributed by atoms with E-state index in [1.807, 2.05) is 0 Å². The number of methoxy groups -OCH3 is 1. The zero-order chi connectivity index (χ0) is 14.5. The maximum absolute atomic E-state index is 6.12. The van der Waals surface area contributed by atoms with Gasteiger partial charge < -0.3 is 10.5 Å². The van der Waals surface area contributed by atoms with Gasteiger partial charge in [0.05, 0.1) is 6.61 Å². The predicted octanol–water partition coefficient (Wildman–Crippen LogP) is 2.95. The standard InChI is InChI=1S/C17H28N2O/c1-13-8-9-19(14(2)10-13)17(11-18)16-7-5-4-6-15(16)12-20-3/h4-7,13-14,17H,8-12,18H2,1-3H3. The van der Waals surface area contributed by atoms with E-state index in [9.17, 15) is 0 Å². The largest absolute Gasteiger partial charge is 0.380 e. The quantitative estimate of drug-likeness (QED) is 0.898. The van der Waals surface area contributed by atoms with Crippen LogP contribution < -0.4 is 5.73 Å². The van der Waals surface area contributed by atoms with E-state index in [1.165, 1.54) is 24.0 Å². The summed E-state index contributed by atoms with van der Waals surface area (Å²) in [5, 5.41) is 0. The minimum Gasteiger partial charge on any atom is -0.380 e. The number of hydrogen-bond donors (Lipinski definition) is 1. The molecule has 1 heterocycles. The summed E-state index contributed by atoms with van der Waals surface area (Å²) in [5.41, 5.74) is 8.71. The molecule has 0 bridgehead atoms. The Morgan fingerprint density at radius 2 is 2.10 bits per heavy atom. The van der Waals surface area contributed by atoms with Gasteiger partial charge in [-0.05, 0) is 43.4 Å². The van der Waals surface area contributed by atoms with Crippen molar-refractivity contribution in [3.63, 3.8) is 0 Å². The minimum absolute atomic E-state index is 0.309. The van der Waals surface area contributed by atoms with Crippen LogP contribution in [-0.4, -0.2) is 31.1 Å². The van der Waals surface area contributed by atoms with Gasteiger partial charge in [-0.2, -0.15) is 0 Å². The maximum Gasteiger partial charge on any atom is 0.0716 e. The highest BCUT2D eigenvalue weighted by Crippen LogP contribution is 2.32. The first-order valence-corrected chi connectivity index (χ1v) is 7.70. The molecule has 3 atom stereocenters. The van der Waals surface area contributed by atoms with Gasteiger partial charge in [0.1, 0.15) is 0 Å². The first-order chi connectivity index (χ1) is 9.67. The molecular weight excluding hydrogens is 248 g/mol. The average Bonchev–Trinajstić information content (AvgIpc) is 2.44. The van der Waals surface area contributed by atoms with Crippen LogP contribution in [0, 0.1) is 5.92 Å². The molecule has 0 aromatic heterocycles. The van der Waals surface area contributed by atoms with E-state index in [1.54, 1.807) is 7.11 Å². The monoisotopic (exact) mass is 276 g/mol. The van der Waals surface area contributed by atoms with E-state index >= 15 is 0 Å². The summed E-state index contributed by atoms with van der Waals surface area (Å²) in [6.45, 7) is 7.15. The molecule has 1 saturated heterocycles. The van der Waals surface area contributed by atoms with Gasteiger partial charge in [-0.25, -0.2) is 0 Å². The van der Waals surface area contributed by atoms with Gasteiger partial charge in [0.25, 0.3) is 0 Å². The molecule has 3 nitrogen and oxygen atoms in total. The molecule has 1 aliphatic heterocycles. The minimum atomic E-state index is 0.309. The van der Waals surface area contributed by atoms with Gasteiger partial charge in [-0.15, -0.1) is 0 Å². The van der Waals surface area contributed by atoms with E-state index in [4.69, 9.17) is 10.5 Å². The highest BCUT2D eigenvalue weighted by molar-refractivity contribution is 5.30. The lowest BCUT2D eigenvalue weighted by Crippen LogP contribution is -2.45. The van der Waals surface area contributed by atoms with E-state index < -0.39 is 0 Å². The number of hydrogen-bond acceptors (Lipinski definition) is 3. The Kier molecular flexibility index (Phi) is 5.58. The number of rotatable bonds is 5. The smallest absolute Gasteiger partial charge is 0.0716 e. The second-order valence-corrected chi connectivity index (χ2v) is 6.10. The van der Waals surface area contributed by atoms with E-state index in [0.29, 0.717) is 25.2 Å². The van der Waals surface area contributed by atoms with Crippen LogP contribution >= 0.6 is 0 Å². The molecule has 0 aliphatic carbocycles. The normalized spacial score (nSPS) is 25.6. The topological polar surface area (TPSA) is 38.5 Å². The number of nitrogens with zero attached hydrogens (tertiary/aromatic N) is 1. The third kappa shape index (κ3) is 3.40. The fourth-order valence-corrected chi connectivity index (χ4v) is 3.48. The van der Waals surface area contributed by atoms with Gasteiger partial charge in [0.2, 0.25) is 0 Å². The summed E-state index contributed by atoms with van der Waals surface area (Å²) in [5.74, 6) is 0.828. The van der Waals surface area contributed by atoms with Crippen LogP contribution in [0.15, 0.2) is 24.3 Å². The number of nitrogens with two attached hydrogens (primary N) is 1. The molecule has 0 radical (unpaired) electrons. The highest BCUT2D eigenvalue weighted by Gasteiger charge is 2.29. The van der Waals surface area contributed by atoms with Crippen molar-refractivity contribution < 1.29 is 4.74 Å². The number of ether oxygens (including phenoxy) is 1. The Hall–Kier alpha value is -0.900. The Balaban J connectivity index is 2.23. The lowest BCUT2D eigenvalue weighted by molar-refractivity contribution is 0.0830. The molecule has 20 heavy (non-hydrogen) atoms. The van der Waals surface area contributed by atoms with Crippen LogP contribution in [0.2, 0.25) is 0 Å². The van der Waals surface area contributed by atoms with Gasteiger partial charge in [-0.3, -0.25) is 4.90 Å². The maximum atomic E-state index is 6.12. The third-order valence-corrected chi connectivity index (χ3v) is 4.53. The molecule has 1 aliphatic rings. The van der Waals surface area contributed by atoms with Crippen molar-refractivity contribution in [2.24, 2.45) is 11.7 Å². The lowest BCUT2D eigenvalue weighted by atomic mass is 9.89. The predicted molar refractivity (Wildman–Crippen MR) is 83.5 cm³/mol. The van der Waals surface area contributed by atoms with Crippen LogP contribution in [0.4, 0.5) is 0 Å². The van der Waals surface area contributed by atoms with Crippen molar-refractivity contribution in [2.45, 2.75) is 45.4 Å². The van der Waals surface area contributed by atoms with Gasteiger partial charge >= 0.3 is 0 Å². The summed E-state index contributed by atoms with van der Waals surface area (Å²) >= 11 is 0. The van der Waals surface area contributed by atoms with Crippen LogP contribution in [-0.2, 0) is 11.3 Å². The molecule has 3 unspecified atom stereocenters. The fraction of sp³-hybridized carbons (Fsp3) is 0.647. The Morgan fingerprint density at radius 3 is 2.75 bits per heavy atom. The lowest BCUT2D eigenvalue weighted by Gasteiger charge is -2.42. The molecule has 112 valence electrons. The molecule has 1 aromatic rings. The van der Waals surface area contributed by atoms with Crippen molar-refractivity contribution in [3.05, 3.63) is 35.4 Å². The van der Waals surface area contributed by atoms with Crippen molar-refractivity contribution in [2.75, 3.05) is 20.2 Å². The highest BCUT2D eigenvalue weighted by atomic mass is 16.5. The van der Waals surface area contributed by atoms with E-state index in [-0.39, 0.29) is 0 Å². The Bertz CT molecular complexity index is 421. The van der Waals surface area contributed by atoms with Crippen molar-refractivity contribution in [1.29, 1.82) is 0 Å². The molecular formula is C17H28N2O. The van der Waals surface area contributed by atoms with Gasteiger partial charge in [-0.1, -0.05) is 31.2 Å². The Labute approximate surface area is 123 Å². The molecule has 2 N–H and O–H groups in total. The third-order valence-electron chi connectivity index (χ3n) is 4.53. The van der Waals surface area contributed by atoms with Crippen LogP contribution in [0.5, 0.6) is 0 Å². The zero-order valence-electron chi connectivity index (χ0n) is 13.0.